The summed E-state index contributed by atoms with van der Waals surface area (Å²) in [4.78, 5) is 14.8. The molecule has 1 saturated heterocycles. The number of rotatable bonds is 3. The van der Waals surface area contributed by atoms with E-state index in [2.05, 4.69) is 24.4 Å². The van der Waals surface area contributed by atoms with Crippen LogP contribution in [0.3, 0.4) is 0 Å². The van der Waals surface area contributed by atoms with E-state index in [1.54, 1.807) is 12.4 Å². The molecule has 2 aromatic heterocycles. The second-order valence-electron chi connectivity index (χ2n) is 4.89. The highest BCUT2D eigenvalue weighted by Crippen LogP contribution is 2.22. The van der Waals surface area contributed by atoms with E-state index < -0.39 is 0 Å². The summed E-state index contributed by atoms with van der Waals surface area (Å²) in [5.74, 6) is 1.49. The standard InChI is InChI=1S/C13H16ClN5/c14-12-7-16-13(17-8-12)19-4-1-11(2-5-19)9-18-6-3-15-10-18/h3,6-8,10-11H,1-2,4-5,9H2. The fraction of sp³-hybridized carbons (Fsp3) is 0.462. The topological polar surface area (TPSA) is 46.8 Å². The lowest BCUT2D eigenvalue weighted by Crippen LogP contribution is -2.35. The van der Waals surface area contributed by atoms with Crippen molar-refractivity contribution in [2.24, 2.45) is 5.92 Å². The van der Waals surface area contributed by atoms with Crippen molar-refractivity contribution in [1.29, 1.82) is 0 Å². The van der Waals surface area contributed by atoms with E-state index in [1.807, 2.05) is 18.7 Å². The van der Waals surface area contributed by atoms with E-state index in [1.165, 1.54) is 0 Å². The largest absolute Gasteiger partial charge is 0.341 e. The molecule has 0 aliphatic carbocycles. The number of hydrogen-bond acceptors (Lipinski definition) is 4. The maximum absolute atomic E-state index is 5.80. The molecule has 1 aliphatic rings. The lowest BCUT2D eigenvalue weighted by Gasteiger charge is -2.32. The number of imidazole rings is 1. The highest BCUT2D eigenvalue weighted by Gasteiger charge is 2.21. The van der Waals surface area contributed by atoms with E-state index in [0.717, 1.165) is 38.4 Å². The minimum Gasteiger partial charge on any atom is -0.341 e. The Morgan fingerprint density at radius 3 is 2.58 bits per heavy atom. The van der Waals surface area contributed by atoms with Gasteiger partial charge in [0.25, 0.3) is 0 Å². The van der Waals surface area contributed by atoms with Crippen LogP contribution in [-0.2, 0) is 6.54 Å². The van der Waals surface area contributed by atoms with E-state index in [9.17, 15) is 0 Å². The van der Waals surface area contributed by atoms with E-state index in [-0.39, 0.29) is 0 Å². The normalized spacial score (nSPS) is 16.8. The van der Waals surface area contributed by atoms with Crippen molar-refractivity contribution in [2.45, 2.75) is 19.4 Å². The van der Waals surface area contributed by atoms with Crippen molar-refractivity contribution in [3.63, 3.8) is 0 Å². The van der Waals surface area contributed by atoms with E-state index in [4.69, 9.17) is 11.6 Å². The van der Waals surface area contributed by atoms with Gasteiger partial charge >= 0.3 is 0 Å². The van der Waals surface area contributed by atoms with Gasteiger partial charge in [-0.15, -0.1) is 0 Å². The summed E-state index contributed by atoms with van der Waals surface area (Å²) in [6.45, 7) is 3.05. The summed E-state index contributed by atoms with van der Waals surface area (Å²) in [6, 6.07) is 0. The van der Waals surface area contributed by atoms with Gasteiger partial charge in [0.1, 0.15) is 0 Å². The van der Waals surface area contributed by atoms with Crippen LogP contribution in [0.4, 0.5) is 5.95 Å². The van der Waals surface area contributed by atoms with Crippen molar-refractivity contribution in [1.82, 2.24) is 19.5 Å². The first-order valence-corrected chi connectivity index (χ1v) is 6.87. The number of hydrogen-bond donors (Lipinski definition) is 0. The molecule has 3 heterocycles. The van der Waals surface area contributed by atoms with Crippen LogP contribution in [-0.4, -0.2) is 32.6 Å². The maximum Gasteiger partial charge on any atom is 0.225 e. The van der Waals surface area contributed by atoms with Gasteiger partial charge in [0.15, 0.2) is 0 Å². The predicted octanol–water partition coefficient (Wildman–Crippen LogP) is 2.24. The Hall–Kier alpha value is -1.62. The summed E-state index contributed by atoms with van der Waals surface area (Å²) in [5.41, 5.74) is 0. The number of aromatic nitrogens is 4. The first-order valence-electron chi connectivity index (χ1n) is 6.49. The van der Waals surface area contributed by atoms with E-state index >= 15 is 0 Å². The van der Waals surface area contributed by atoms with Gasteiger partial charge in [-0.1, -0.05) is 11.6 Å². The number of piperidine rings is 1. The molecule has 0 atom stereocenters. The van der Waals surface area contributed by atoms with Crippen LogP contribution in [0.1, 0.15) is 12.8 Å². The molecule has 100 valence electrons. The predicted molar refractivity (Wildman–Crippen MR) is 74.2 cm³/mol. The first kappa shape index (κ1) is 12.4. The molecule has 1 fully saturated rings. The number of halogens is 1. The summed E-state index contributed by atoms with van der Waals surface area (Å²) in [5, 5.41) is 0.582. The monoisotopic (exact) mass is 277 g/mol. The second kappa shape index (κ2) is 5.57. The average Bonchev–Trinajstić information content (AvgIpc) is 2.94. The van der Waals surface area contributed by atoms with Crippen LogP contribution in [0.15, 0.2) is 31.1 Å². The molecule has 0 unspecified atom stereocenters. The average molecular weight is 278 g/mol. The van der Waals surface area contributed by atoms with Crippen LogP contribution in [0.2, 0.25) is 5.02 Å². The molecular formula is C13H16ClN5. The van der Waals surface area contributed by atoms with Gasteiger partial charge in [-0.05, 0) is 18.8 Å². The first-order chi connectivity index (χ1) is 9.31. The van der Waals surface area contributed by atoms with E-state index in [0.29, 0.717) is 10.9 Å². The molecule has 3 rings (SSSR count). The molecule has 0 radical (unpaired) electrons. The van der Waals surface area contributed by atoms with Crippen molar-refractivity contribution in [3.05, 3.63) is 36.1 Å². The van der Waals surface area contributed by atoms with Gasteiger partial charge in [0.2, 0.25) is 5.95 Å². The smallest absolute Gasteiger partial charge is 0.225 e. The highest BCUT2D eigenvalue weighted by molar-refractivity contribution is 6.30. The number of anilines is 1. The van der Waals surface area contributed by atoms with Crippen molar-refractivity contribution < 1.29 is 0 Å². The van der Waals surface area contributed by atoms with Gasteiger partial charge in [0, 0.05) is 32.0 Å². The summed E-state index contributed by atoms with van der Waals surface area (Å²) >= 11 is 5.80. The Balaban J connectivity index is 1.56. The fourth-order valence-electron chi connectivity index (χ4n) is 2.48. The molecule has 0 bridgehead atoms. The van der Waals surface area contributed by atoms with Crippen LogP contribution in [0.5, 0.6) is 0 Å². The molecular weight excluding hydrogens is 262 g/mol. The van der Waals surface area contributed by atoms with Gasteiger partial charge in [-0.3, -0.25) is 0 Å². The molecule has 0 amide bonds. The third kappa shape index (κ3) is 3.04. The second-order valence-corrected chi connectivity index (χ2v) is 5.33. The van der Waals surface area contributed by atoms with Crippen molar-refractivity contribution >= 4 is 17.5 Å². The van der Waals surface area contributed by atoms with Crippen LogP contribution >= 0.6 is 11.6 Å². The third-order valence-corrected chi connectivity index (χ3v) is 3.73. The molecule has 0 spiro atoms. The number of nitrogens with zero attached hydrogens (tertiary/aromatic N) is 5. The molecule has 19 heavy (non-hydrogen) atoms. The molecule has 1 aliphatic heterocycles. The highest BCUT2D eigenvalue weighted by atomic mass is 35.5. The Morgan fingerprint density at radius 1 is 1.21 bits per heavy atom. The molecule has 6 heteroatoms. The zero-order valence-corrected chi connectivity index (χ0v) is 11.4. The van der Waals surface area contributed by atoms with Crippen molar-refractivity contribution in [2.75, 3.05) is 18.0 Å². The van der Waals surface area contributed by atoms with Gasteiger partial charge < -0.3 is 9.47 Å². The third-order valence-electron chi connectivity index (χ3n) is 3.53. The Labute approximate surface area is 117 Å². The molecule has 0 aromatic carbocycles. The van der Waals surface area contributed by atoms with Crippen LogP contribution in [0.25, 0.3) is 0 Å². The minimum absolute atomic E-state index is 0.582. The van der Waals surface area contributed by atoms with Crippen LogP contribution < -0.4 is 4.90 Å². The molecule has 0 saturated carbocycles. The van der Waals surface area contributed by atoms with Gasteiger partial charge in [-0.25, -0.2) is 15.0 Å². The minimum atomic E-state index is 0.582. The van der Waals surface area contributed by atoms with Gasteiger partial charge in [0.05, 0.1) is 23.7 Å². The van der Waals surface area contributed by atoms with Crippen LogP contribution in [0, 0.1) is 5.92 Å². The summed E-state index contributed by atoms with van der Waals surface area (Å²) in [7, 11) is 0. The maximum atomic E-state index is 5.80. The van der Waals surface area contributed by atoms with Gasteiger partial charge in [-0.2, -0.15) is 0 Å². The Bertz CT molecular complexity index is 502. The Kier molecular flexibility index (Phi) is 3.64. The molecule has 5 nitrogen and oxygen atoms in total. The lowest BCUT2D eigenvalue weighted by atomic mass is 9.97. The Morgan fingerprint density at radius 2 is 1.95 bits per heavy atom. The SMILES string of the molecule is Clc1cnc(N2CCC(Cn3ccnc3)CC2)nc1. The lowest BCUT2D eigenvalue weighted by molar-refractivity contribution is 0.354. The zero-order valence-electron chi connectivity index (χ0n) is 10.6. The summed E-state index contributed by atoms with van der Waals surface area (Å²) < 4.78 is 2.15. The zero-order chi connectivity index (χ0) is 13.1. The quantitative estimate of drug-likeness (QED) is 0.863. The molecule has 0 N–H and O–H groups in total. The van der Waals surface area contributed by atoms with Crippen molar-refractivity contribution in [3.8, 4) is 0 Å². The molecule has 2 aromatic rings. The summed E-state index contributed by atoms with van der Waals surface area (Å²) in [6.07, 6.45) is 11.4. The fourth-order valence-corrected chi connectivity index (χ4v) is 2.57.